The second-order valence-electron chi connectivity index (χ2n) is 23.9. The Balaban J connectivity index is 0.000000683. The molecule has 0 amide bonds. The number of aryl methyl sites for hydroxylation is 1. The quantitative estimate of drug-likeness (QED) is 0.0303. The molecule has 22 heteroatoms. The van der Waals surface area contributed by atoms with Crippen LogP contribution in [-0.2, 0) is 99.6 Å². The van der Waals surface area contributed by atoms with Crippen LogP contribution in [0.1, 0.15) is 125 Å². The van der Waals surface area contributed by atoms with E-state index in [0.717, 1.165) is 39.3 Å². The van der Waals surface area contributed by atoms with Gasteiger partial charge in [0.05, 0.1) is 23.0 Å². The third kappa shape index (κ3) is 38.6. The van der Waals surface area contributed by atoms with Gasteiger partial charge in [-0.3, -0.25) is 42.7 Å². The molecular formula is C93H80F2Ir4N4O12-4. The number of benzene rings is 8. The Kier molecular flexibility index (Phi) is 48.4. The van der Waals surface area contributed by atoms with E-state index in [4.69, 9.17) is 20.4 Å². The van der Waals surface area contributed by atoms with Crippen LogP contribution in [0.3, 0.4) is 0 Å². The van der Waals surface area contributed by atoms with Gasteiger partial charge in [-0.2, -0.15) is 0 Å². The zero-order valence-corrected chi connectivity index (χ0v) is 73.3. The molecule has 16 nitrogen and oxygen atoms in total. The predicted octanol–water partition coefficient (Wildman–Crippen LogP) is 19.8. The number of hydrogen-bond acceptors (Lipinski definition) is 16. The topological polar surface area (TPSA) is 269 Å². The number of aliphatic hydroxyl groups excluding tert-OH is 4. The zero-order chi connectivity index (χ0) is 81.2. The van der Waals surface area contributed by atoms with Crippen molar-refractivity contribution in [1.29, 1.82) is 0 Å². The maximum Gasteiger partial charge on any atom is 0.177 e. The van der Waals surface area contributed by atoms with Gasteiger partial charge in [0, 0.05) is 158 Å². The molecule has 598 valence electrons. The number of nitrogens with zero attached hydrogens (tertiary/aromatic N) is 4. The number of rotatable bonds is 16. The van der Waals surface area contributed by atoms with Crippen molar-refractivity contribution < 1.29 is 148 Å². The minimum atomic E-state index is -0.580. The Morgan fingerprint density at radius 2 is 0.565 bits per heavy atom. The van der Waals surface area contributed by atoms with Gasteiger partial charge >= 0.3 is 0 Å². The van der Waals surface area contributed by atoms with E-state index < -0.39 is 5.82 Å². The number of halogens is 2. The van der Waals surface area contributed by atoms with E-state index in [1.165, 1.54) is 116 Å². The molecule has 12 rings (SSSR count). The summed E-state index contributed by atoms with van der Waals surface area (Å²) in [5.74, 6) is -1.66. The van der Waals surface area contributed by atoms with Gasteiger partial charge in [-0.05, 0) is 139 Å². The van der Waals surface area contributed by atoms with Crippen molar-refractivity contribution in [3.8, 4) is 45.0 Å². The average molecular weight is 2250 g/mol. The monoisotopic (exact) mass is 2250 g/mol. The number of carbonyl (C=O) groups excluding carboxylic acids is 8. The van der Waals surface area contributed by atoms with Crippen LogP contribution in [0.25, 0.3) is 45.0 Å². The van der Waals surface area contributed by atoms with Crippen LogP contribution in [0.4, 0.5) is 8.78 Å². The van der Waals surface area contributed by atoms with Crippen LogP contribution in [0, 0.1) is 42.8 Å². The Labute approximate surface area is 722 Å². The average Bonchev–Trinajstić information content (AvgIpc) is 0.795. The molecule has 8 aromatic carbocycles. The number of ketones is 8. The van der Waals surface area contributed by atoms with Crippen LogP contribution in [0.15, 0.2) is 321 Å². The minimum Gasteiger partial charge on any atom is -0.512 e. The second kappa shape index (κ2) is 54.9. The fourth-order valence-electron chi connectivity index (χ4n) is 9.47. The largest absolute Gasteiger partial charge is 0.512 e. The third-order valence-electron chi connectivity index (χ3n) is 14.2. The first kappa shape index (κ1) is 101. The summed E-state index contributed by atoms with van der Waals surface area (Å²) >= 11 is 0. The SMILES string of the molecule is CC(=O)C=C(C)O.CC(=O)C=C(C)O.CC(=O)C=C(C)O.CC(=O)C=C(C)O.Cc1ccc(C(=O)c2cc[c-]c(-c3ccccn3)c2)cc1.O=C(c1ccc(F)cc1)c1cc[c-]c(-c2ccccn2)c1.O=C(c1ccccc1)c1cc(-c2ccccn2)[c-]cc1F.O=C(c1ccccc1)c1cc[c-]c(-c2ccccn2)c1.[Ir].[Ir].[Ir].[Ir]. The summed E-state index contributed by atoms with van der Waals surface area (Å²) in [6, 6.07) is 84.1. The molecule has 0 saturated carbocycles. The van der Waals surface area contributed by atoms with Crippen LogP contribution in [-0.4, -0.2) is 86.6 Å². The van der Waals surface area contributed by atoms with Crippen LogP contribution < -0.4 is 0 Å². The molecular weight excluding hydrogens is 2170 g/mol. The van der Waals surface area contributed by atoms with Crippen LogP contribution >= 0.6 is 0 Å². The molecule has 0 unspecified atom stereocenters. The molecule has 115 heavy (non-hydrogen) atoms. The molecule has 0 aliphatic heterocycles. The van der Waals surface area contributed by atoms with E-state index in [0.29, 0.717) is 50.2 Å². The van der Waals surface area contributed by atoms with Gasteiger partial charge < -0.3 is 40.4 Å². The van der Waals surface area contributed by atoms with Crippen molar-refractivity contribution in [2.45, 2.75) is 62.3 Å². The number of hydrogen-bond donors (Lipinski definition) is 4. The van der Waals surface area contributed by atoms with Crippen molar-refractivity contribution in [1.82, 2.24) is 19.9 Å². The standard InChI is InChI=1S/C19H14NO.2C18H11FNO.C18H12NO.4C5H8O2.4Ir/c1-14-8-10-15(11-9-14)19(21)17-6-4-5-16(13-17)18-7-2-3-12-20-18;19-16-9-7-13(8-10-16)18(21)15-5-3-4-14(12-15)17-6-1-2-11-20-17;19-16-10-9-14(17-8-4-5-11-20-17)12-15(16)18(21)13-6-2-1-3-7-13;20-18(14-7-2-1-3-8-14)16-10-6-9-15(13-16)17-11-4-5-12-19-17;4*1-4(6)3-5(2)7;;;;/h2-4,6-13H,1H3;1-3,5-12H;1-8,10-12H;1-8,10-13H;4*3,6H,1-2H3;;;;/q4*-1;;;;;;;;. The van der Waals surface area contributed by atoms with E-state index in [9.17, 15) is 47.1 Å². The molecule has 4 N–H and O–H groups in total. The molecule has 0 saturated heterocycles. The Morgan fingerprint density at radius 3 is 0.826 bits per heavy atom. The van der Waals surface area contributed by atoms with Gasteiger partial charge in [-0.25, -0.2) is 4.39 Å². The molecule has 0 fully saturated rings. The predicted molar refractivity (Wildman–Crippen MR) is 426 cm³/mol. The second-order valence-corrected chi connectivity index (χ2v) is 23.9. The number of aliphatic hydroxyl groups is 4. The van der Waals surface area contributed by atoms with E-state index in [1.807, 2.05) is 140 Å². The van der Waals surface area contributed by atoms with E-state index in [1.54, 1.807) is 104 Å². The van der Waals surface area contributed by atoms with Gasteiger partial charge in [-0.1, -0.05) is 156 Å². The summed E-state index contributed by atoms with van der Waals surface area (Å²) in [7, 11) is 0. The zero-order valence-electron chi connectivity index (χ0n) is 63.7. The number of allylic oxidation sites excluding steroid dienone is 8. The first-order valence-corrected chi connectivity index (χ1v) is 34.1. The molecule has 0 bridgehead atoms. The molecule has 0 atom stereocenters. The fraction of sp³-hybridized carbons (Fsp3) is 0.0968. The van der Waals surface area contributed by atoms with Gasteiger partial charge in [-0.15, -0.1) is 113 Å². The van der Waals surface area contributed by atoms with Crippen molar-refractivity contribution in [2.75, 3.05) is 0 Å². The van der Waals surface area contributed by atoms with E-state index in [2.05, 4.69) is 44.2 Å². The van der Waals surface area contributed by atoms with Crippen molar-refractivity contribution in [3.63, 3.8) is 0 Å². The third-order valence-corrected chi connectivity index (χ3v) is 14.2. The fourth-order valence-corrected chi connectivity index (χ4v) is 9.47. The van der Waals surface area contributed by atoms with Crippen LogP contribution in [0.2, 0.25) is 0 Å². The van der Waals surface area contributed by atoms with E-state index in [-0.39, 0.29) is 161 Å². The normalized spacial score (nSPS) is 10.2. The first-order chi connectivity index (χ1) is 53.1. The molecule has 0 aliphatic carbocycles. The number of pyridine rings is 4. The van der Waals surface area contributed by atoms with Crippen molar-refractivity contribution >= 4 is 46.3 Å². The maximum absolute atomic E-state index is 13.9. The maximum atomic E-state index is 13.9. The van der Waals surface area contributed by atoms with E-state index >= 15 is 0 Å². The smallest absolute Gasteiger partial charge is 0.177 e. The summed E-state index contributed by atoms with van der Waals surface area (Å²) < 4.78 is 26.9. The first-order valence-electron chi connectivity index (χ1n) is 34.1. The van der Waals surface area contributed by atoms with Crippen molar-refractivity contribution in [3.05, 3.63) is 407 Å². The Hall–Kier alpha value is -11.7. The van der Waals surface area contributed by atoms with Gasteiger partial charge in [0.15, 0.2) is 46.3 Å². The number of carbonyl (C=O) groups is 8. The molecule has 4 radical (unpaired) electrons. The Morgan fingerprint density at radius 1 is 0.304 bits per heavy atom. The van der Waals surface area contributed by atoms with Crippen LogP contribution in [0.5, 0.6) is 0 Å². The molecule has 0 spiro atoms. The molecule has 4 heterocycles. The summed E-state index contributed by atoms with van der Waals surface area (Å²) in [5.41, 5.74) is 11.3. The molecule has 12 aromatic rings. The van der Waals surface area contributed by atoms with Crippen molar-refractivity contribution in [2.24, 2.45) is 0 Å². The summed E-state index contributed by atoms with van der Waals surface area (Å²) in [5, 5.41) is 33.5. The minimum absolute atomic E-state index is 0. The Bertz CT molecular complexity index is 4940. The van der Waals surface area contributed by atoms with Gasteiger partial charge in [0.2, 0.25) is 0 Å². The summed E-state index contributed by atoms with van der Waals surface area (Å²) in [6.45, 7) is 13.4. The number of aromatic nitrogens is 4. The molecule has 4 aromatic heterocycles. The summed E-state index contributed by atoms with van der Waals surface area (Å²) in [4.78, 5) is 107. The molecule has 0 aliphatic rings. The summed E-state index contributed by atoms with van der Waals surface area (Å²) in [6.07, 6.45) is 11.5. The van der Waals surface area contributed by atoms with Gasteiger partial charge in [0.1, 0.15) is 5.82 Å². The van der Waals surface area contributed by atoms with Gasteiger partial charge in [0.25, 0.3) is 0 Å².